The third-order valence-electron chi connectivity index (χ3n) is 1.62. The van der Waals surface area contributed by atoms with Crippen molar-refractivity contribution < 1.29 is 8.78 Å². The lowest BCUT2D eigenvalue weighted by Gasteiger charge is -2.10. The molecule has 0 saturated heterocycles. The lowest BCUT2D eigenvalue weighted by atomic mass is 10.1. The van der Waals surface area contributed by atoms with Crippen LogP contribution in [0.4, 0.5) is 8.78 Å². The zero-order valence-electron chi connectivity index (χ0n) is 6.85. The van der Waals surface area contributed by atoms with E-state index in [0.29, 0.717) is 18.5 Å². The van der Waals surface area contributed by atoms with Gasteiger partial charge in [0.25, 0.3) is 0 Å². The molecule has 1 rings (SSSR count). The van der Waals surface area contributed by atoms with E-state index in [2.05, 4.69) is 5.32 Å². The molecular formula is C9H10F2N-. The number of nitrogens with zero attached hydrogens (tertiary/aromatic N) is 1. The Morgan fingerprint density at radius 3 is 2.67 bits per heavy atom. The average molecular weight is 170 g/mol. The van der Waals surface area contributed by atoms with Gasteiger partial charge in [-0.3, -0.25) is 0 Å². The van der Waals surface area contributed by atoms with Crippen molar-refractivity contribution in [2.24, 2.45) is 0 Å². The van der Waals surface area contributed by atoms with E-state index in [9.17, 15) is 8.78 Å². The Labute approximate surface area is 70.4 Å². The van der Waals surface area contributed by atoms with Crippen LogP contribution in [0.2, 0.25) is 0 Å². The van der Waals surface area contributed by atoms with E-state index in [-0.39, 0.29) is 0 Å². The van der Waals surface area contributed by atoms with E-state index in [4.69, 9.17) is 0 Å². The maximum absolute atomic E-state index is 12.9. The monoisotopic (exact) mass is 170 g/mol. The molecule has 12 heavy (non-hydrogen) atoms. The molecule has 0 bridgehead atoms. The fraction of sp³-hybridized carbons (Fsp3) is 0.333. The number of hydrogen-bond acceptors (Lipinski definition) is 0. The third kappa shape index (κ3) is 2.27. The highest BCUT2D eigenvalue weighted by Crippen LogP contribution is 2.10. The minimum absolute atomic E-state index is 0.487. The Balaban J connectivity index is 2.72. The van der Waals surface area contributed by atoms with Crippen molar-refractivity contribution in [2.75, 3.05) is 13.6 Å². The first-order chi connectivity index (χ1) is 5.74. The van der Waals surface area contributed by atoms with Crippen LogP contribution in [0.3, 0.4) is 0 Å². The fourth-order valence-electron chi connectivity index (χ4n) is 0.957. The van der Waals surface area contributed by atoms with Crippen LogP contribution in [0.1, 0.15) is 5.56 Å². The molecule has 1 nitrogen and oxygen atoms in total. The molecule has 66 valence electrons. The second kappa shape index (κ2) is 4.16. The number of benzene rings is 1. The molecule has 0 spiro atoms. The number of hydrogen-bond donors (Lipinski definition) is 0. The lowest BCUT2D eigenvalue weighted by Crippen LogP contribution is -1.94. The zero-order chi connectivity index (χ0) is 8.97. The van der Waals surface area contributed by atoms with Gasteiger partial charge in [0.15, 0.2) is 0 Å². The van der Waals surface area contributed by atoms with Gasteiger partial charge < -0.3 is 5.32 Å². The molecule has 0 atom stereocenters. The molecule has 0 unspecified atom stereocenters. The molecule has 1 aromatic rings. The third-order valence-corrected chi connectivity index (χ3v) is 1.62. The summed E-state index contributed by atoms with van der Waals surface area (Å²) in [5.74, 6) is -1.02. The summed E-state index contributed by atoms with van der Waals surface area (Å²) in [5.41, 5.74) is 0.516. The van der Waals surface area contributed by atoms with Gasteiger partial charge in [0.05, 0.1) is 0 Å². The van der Waals surface area contributed by atoms with Crippen LogP contribution < -0.4 is 0 Å². The molecule has 3 heteroatoms. The Kier molecular flexibility index (Phi) is 3.17. The number of rotatable bonds is 3. The van der Waals surface area contributed by atoms with Crippen LogP contribution in [-0.4, -0.2) is 13.6 Å². The van der Waals surface area contributed by atoms with Gasteiger partial charge in [-0.1, -0.05) is 6.07 Å². The maximum atomic E-state index is 12.9. The molecule has 0 N–H and O–H groups in total. The van der Waals surface area contributed by atoms with Gasteiger partial charge in [-0.25, -0.2) is 8.78 Å². The second-order valence-corrected chi connectivity index (χ2v) is 2.53. The summed E-state index contributed by atoms with van der Waals surface area (Å²) in [6, 6.07) is 3.61. The topological polar surface area (TPSA) is 14.1 Å². The van der Waals surface area contributed by atoms with Crippen molar-refractivity contribution in [1.29, 1.82) is 0 Å². The van der Waals surface area contributed by atoms with E-state index in [1.54, 1.807) is 7.05 Å². The van der Waals surface area contributed by atoms with Crippen LogP contribution in [0, 0.1) is 11.6 Å². The van der Waals surface area contributed by atoms with Crippen LogP contribution >= 0.6 is 0 Å². The van der Waals surface area contributed by atoms with Crippen molar-refractivity contribution in [3.05, 3.63) is 40.7 Å². The zero-order valence-corrected chi connectivity index (χ0v) is 6.85. The molecule has 0 amide bonds. The number of halogens is 2. The molecule has 0 aliphatic heterocycles. The molecular weight excluding hydrogens is 160 g/mol. The van der Waals surface area contributed by atoms with Crippen LogP contribution in [0.5, 0.6) is 0 Å². The first-order valence-corrected chi connectivity index (χ1v) is 3.73. The van der Waals surface area contributed by atoms with Crippen molar-refractivity contribution in [1.82, 2.24) is 0 Å². The Morgan fingerprint density at radius 2 is 2.08 bits per heavy atom. The molecule has 0 heterocycles. The average Bonchev–Trinajstić information content (AvgIpc) is 2.03. The summed E-state index contributed by atoms with van der Waals surface area (Å²) in [6.45, 7) is 0.572. The van der Waals surface area contributed by atoms with Crippen LogP contribution in [0.15, 0.2) is 18.2 Å². The van der Waals surface area contributed by atoms with Gasteiger partial charge in [-0.15, -0.1) is 6.54 Å². The highest BCUT2D eigenvalue weighted by atomic mass is 19.1. The van der Waals surface area contributed by atoms with Gasteiger partial charge in [0.2, 0.25) is 0 Å². The molecule has 0 aliphatic rings. The molecule has 0 saturated carbocycles. The van der Waals surface area contributed by atoms with Gasteiger partial charge in [-0.05, 0) is 18.1 Å². The van der Waals surface area contributed by atoms with Crippen molar-refractivity contribution >= 4 is 0 Å². The van der Waals surface area contributed by atoms with Gasteiger partial charge in [0, 0.05) is 6.07 Å². The van der Waals surface area contributed by atoms with E-state index < -0.39 is 11.6 Å². The summed E-state index contributed by atoms with van der Waals surface area (Å²) in [6.07, 6.45) is 0.530. The SMILES string of the molecule is C[N-]CCc1ccc(F)cc1F. The summed E-state index contributed by atoms with van der Waals surface area (Å²) >= 11 is 0. The highest BCUT2D eigenvalue weighted by molar-refractivity contribution is 5.19. The van der Waals surface area contributed by atoms with E-state index in [1.807, 2.05) is 0 Å². The van der Waals surface area contributed by atoms with Crippen LogP contribution in [-0.2, 0) is 6.42 Å². The molecule has 0 radical (unpaired) electrons. The summed E-state index contributed by atoms with van der Waals surface area (Å²) < 4.78 is 25.3. The molecule has 0 fully saturated rings. The van der Waals surface area contributed by atoms with Gasteiger partial charge in [0.1, 0.15) is 11.6 Å². The quantitative estimate of drug-likeness (QED) is 0.661. The van der Waals surface area contributed by atoms with Crippen LogP contribution in [0.25, 0.3) is 5.32 Å². The first-order valence-electron chi connectivity index (χ1n) is 3.73. The predicted molar refractivity (Wildman–Crippen MR) is 44.2 cm³/mol. The lowest BCUT2D eigenvalue weighted by molar-refractivity contribution is 0.573. The normalized spacial score (nSPS) is 10.2. The standard InChI is InChI=1S/C9H10F2N/c1-12-5-4-7-2-3-8(10)6-9(7)11/h2-3,6H,4-5H2,1H3/q-1. The largest absolute Gasteiger partial charge is 0.665 e. The Morgan fingerprint density at radius 1 is 1.33 bits per heavy atom. The summed E-state index contributed by atoms with van der Waals surface area (Å²) in [7, 11) is 1.67. The minimum Gasteiger partial charge on any atom is -0.665 e. The van der Waals surface area contributed by atoms with E-state index in [1.165, 1.54) is 12.1 Å². The molecule has 0 aromatic heterocycles. The van der Waals surface area contributed by atoms with E-state index in [0.717, 1.165) is 6.07 Å². The maximum Gasteiger partial charge on any atom is 0.129 e. The van der Waals surface area contributed by atoms with E-state index >= 15 is 0 Å². The van der Waals surface area contributed by atoms with Gasteiger partial charge >= 0.3 is 0 Å². The van der Waals surface area contributed by atoms with Crippen molar-refractivity contribution in [2.45, 2.75) is 6.42 Å². The highest BCUT2D eigenvalue weighted by Gasteiger charge is 2.00. The summed E-state index contributed by atoms with van der Waals surface area (Å²) in [4.78, 5) is 0. The Hall–Kier alpha value is -0.960. The smallest absolute Gasteiger partial charge is 0.129 e. The Bertz CT molecular complexity index is 261. The predicted octanol–water partition coefficient (Wildman–Crippen LogP) is 2.51. The first kappa shape index (κ1) is 9.13. The number of likely N-dealkylation sites (N-methyl/N-ethyl adjacent to an activating group) is 1. The second-order valence-electron chi connectivity index (χ2n) is 2.53. The van der Waals surface area contributed by atoms with Crippen molar-refractivity contribution in [3.63, 3.8) is 0 Å². The molecule has 0 aliphatic carbocycles. The molecule has 1 aromatic carbocycles. The minimum atomic E-state index is -0.537. The fourth-order valence-corrected chi connectivity index (χ4v) is 0.957. The van der Waals surface area contributed by atoms with Crippen molar-refractivity contribution in [3.8, 4) is 0 Å². The van der Waals surface area contributed by atoms with Gasteiger partial charge in [-0.2, -0.15) is 7.05 Å². The summed E-state index contributed by atoms with van der Waals surface area (Å²) in [5, 5.41) is 3.83.